The predicted octanol–water partition coefficient (Wildman–Crippen LogP) is 2.41. The number of nitrogens with zero attached hydrogens (tertiary/aromatic N) is 4. The topological polar surface area (TPSA) is 44.5 Å². The minimum atomic E-state index is 0.352. The van der Waals surface area contributed by atoms with Crippen LogP contribution in [-0.4, -0.2) is 56.9 Å². The van der Waals surface area contributed by atoms with Crippen molar-refractivity contribution in [1.82, 2.24) is 19.6 Å². The number of phenolic OH excluding ortho intramolecular Hbond substituents is 1. The van der Waals surface area contributed by atoms with E-state index < -0.39 is 0 Å². The Hall–Kier alpha value is -1.85. The van der Waals surface area contributed by atoms with Gasteiger partial charge in [0, 0.05) is 44.5 Å². The summed E-state index contributed by atoms with van der Waals surface area (Å²) in [4.78, 5) is 5.01. The summed E-state index contributed by atoms with van der Waals surface area (Å²) in [5.74, 6) is 0.352. The Kier molecular flexibility index (Phi) is 5.21. The van der Waals surface area contributed by atoms with Crippen molar-refractivity contribution in [2.45, 2.75) is 39.9 Å². The first-order chi connectivity index (χ1) is 11.5. The SMILES string of the molecule is Cc1cc(C)n(C[C@H](C)N2CCN(Cc3cccc(O)c3)CC2)n1. The molecule has 1 fully saturated rings. The molecular weight excluding hydrogens is 300 g/mol. The fraction of sp³-hybridized carbons (Fsp3) is 0.526. The zero-order chi connectivity index (χ0) is 17.1. The van der Waals surface area contributed by atoms with Gasteiger partial charge in [0.25, 0.3) is 0 Å². The van der Waals surface area contributed by atoms with Gasteiger partial charge in [0.05, 0.1) is 12.2 Å². The highest BCUT2D eigenvalue weighted by atomic mass is 16.3. The molecule has 1 N–H and O–H groups in total. The normalized spacial score (nSPS) is 18.0. The maximum absolute atomic E-state index is 9.59. The van der Waals surface area contributed by atoms with E-state index in [1.807, 2.05) is 19.1 Å². The summed E-state index contributed by atoms with van der Waals surface area (Å²) in [5.41, 5.74) is 3.51. The molecule has 5 heteroatoms. The molecule has 0 saturated carbocycles. The standard InChI is InChI=1S/C19H28N4O/c1-15-11-16(2)23(20-15)13-17(3)22-9-7-21(8-10-22)14-18-5-4-6-19(24)12-18/h4-6,11-12,17,24H,7-10,13-14H2,1-3H3/t17-/m0/s1. The van der Waals surface area contributed by atoms with Crippen LogP contribution in [0.4, 0.5) is 0 Å². The van der Waals surface area contributed by atoms with Gasteiger partial charge in [0.1, 0.15) is 5.75 Å². The summed E-state index contributed by atoms with van der Waals surface area (Å²) in [7, 11) is 0. The van der Waals surface area contributed by atoms with Crippen molar-refractivity contribution >= 4 is 0 Å². The Bertz CT molecular complexity index is 674. The summed E-state index contributed by atoms with van der Waals surface area (Å²) in [6.07, 6.45) is 0. The third-order valence-electron chi connectivity index (χ3n) is 4.89. The van der Waals surface area contributed by atoms with E-state index in [1.54, 1.807) is 6.07 Å². The third-order valence-corrected chi connectivity index (χ3v) is 4.89. The number of phenols is 1. The van der Waals surface area contributed by atoms with Gasteiger partial charge in [-0.15, -0.1) is 0 Å². The number of aromatic hydroxyl groups is 1. The molecule has 2 aromatic rings. The highest BCUT2D eigenvalue weighted by Gasteiger charge is 2.22. The second kappa shape index (κ2) is 7.36. The second-order valence-electron chi connectivity index (χ2n) is 6.94. The monoisotopic (exact) mass is 328 g/mol. The smallest absolute Gasteiger partial charge is 0.115 e. The quantitative estimate of drug-likeness (QED) is 0.915. The van der Waals surface area contributed by atoms with Crippen LogP contribution in [-0.2, 0) is 13.1 Å². The van der Waals surface area contributed by atoms with E-state index in [1.165, 1.54) is 11.3 Å². The van der Waals surface area contributed by atoms with Crippen molar-refractivity contribution < 1.29 is 5.11 Å². The van der Waals surface area contributed by atoms with E-state index in [0.29, 0.717) is 11.8 Å². The lowest BCUT2D eigenvalue weighted by atomic mass is 10.1. The van der Waals surface area contributed by atoms with Gasteiger partial charge in [-0.2, -0.15) is 5.10 Å². The van der Waals surface area contributed by atoms with Crippen molar-refractivity contribution in [3.05, 3.63) is 47.3 Å². The largest absolute Gasteiger partial charge is 0.508 e. The number of hydrogen-bond acceptors (Lipinski definition) is 4. The summed E-state index contributed by atoms with van der Waals surface area (Å²) in [5, 5.41) is 14.2. The third kappa shape index (κ3) is 4.16. The zero-order valence-corrected chi connectivity index (χ0v) is 14.9. The van der Waals surface area contributed by atoms with Gasteiger partial charge in [-0.05, 0) is 44.5 Å². The summed E-state index contributed by atoms with van der Waals surface area (Å²) in [6, 6.07) is 10.2. The van der Waals surface area contributed by atoms with E-state index in [2.05, 4.69) is 45.6 Å². The fourth-order valence-electron chi connectivity index (χ4n) is 3.50. The van der Waals surface area contributed by atoms with Gasteiger partial charge < -0.3 is 5.11 Å². The van der Waals surface area contributed by atoms with E-state index in [4.69, 9.17) is 0 Å². The van der Waals surface area contributed by atoms with E-state index >= 15 is 0 Å². The summed E-state index contributed by atoms with van der Waals surface area (Å²) < 4.78 is 2.12. The van der Waals surface area contributed by atoms with Gasteiger partial charge in [-0.25, -0.2) is 0 Å². The Labute approximate surface area is 144 Å². The molecule has 2 heterocycles. The fourth-order valence-corrected chi connectivity index (χ4v) is 3.50. The molecule has 1 aliphatic heterocycles. The van der Waals surface area contributed by atoms with Crippen LogP contribution in [0.3, 0.4) is 0 Å². The average molecular weight is 328 g/mol. The molecule has 0 spiro atoms. The maximum Gasteiger partial charge on any atom is 0.115 e. The molecule has 1 aliphatic rings. The predicted molar refractivity (Wildman–Crippen MR) is 96.1 cm³/mol. The van der Waals surface area contributed by atoms with E-state index in [9.17, 15) is 5.11 Å². The molecule has 24 heavy (non-hydrogen) atoms. The molecule has 0 unspecified atom stereocenters. The van der Waals surface area contributed by atoms with Crippen LogP contribution in [0.5, 0.6) is 5.75 Å². The molecule has 130 valence electrons. The van der Waals surface area contributed by atoms with Crippen molar-refractivity contribution in [3.63, 3.8) is 0 Å². The van der Waals surface area contributed by atoms with Crippen LogP contribution in [0.1, 0.15) is 23.9 Å². The summed E-state index contributed by atoms with van der Waals surface area (Å²) in [6.45, 7) is 12.6. The van der Waals surface area contributed by atoms with Gasteiger partial charge in [0.2, 0.25) is 0 Å². The van der Waals surface area contributed by atoms with Gasteiger partial charge in [-0.1, -0.05) is 12.1 Å². The lowest BCUT2D eigenvalue weighted by molar-refractivity contribution is 0.0894. The number of aryl methyl sites for hydroxylation is 2. The first-order valence-corrected chi connectivity index (χ1v) is 8.76. The Morgan fingerprint density at radius 1 is 1.12 bits per heavy atom. The van der Waals surface area contributed by atoms with Crippen LogP contribution < -0.4 is 0 Å². The van der Waals surface area contributed by atoms with Crippen LogP contribution in [0.25, 0.3) is 0 Å². The summed E-state index contributed by atoms with van der Waals surface area (Å²) >= 11 is 0. The van der Waals surface area contributed by atoms with Crippen molar-refractivity contribution in [3.8, 4) is 5.75 Å². The highest BCUT2D eigenvalue weighted by Crippen LogP contribution is 2.15. The molecule has 3 rings (SSSR count). The molecule has 0 amide bonds. The minimum absolute atomic E-state index is 0.352. The second-order valence-corrected chi connectivity index (χ2v) is 6.94. The van der Waals surface area contributed by atoms with Gasteiger partial charge >= 0.3 is 0 Å². The van der Waals surface area contributed by atoms with Crippen LogP contribution in [0.15, 0.2) is 30.3 Å². The maximum atomic E-state index is 9.59. The molecular formula is C19H28N4O. The number of hydrogen-bond donors (Lipinski definition) is 1. The van der Waals surface area contributed by atoms with Crippen LogP contribution in [0, 0.1) is 13.8 Å². The number of piperazine rings is 1. The van der Waals surface area contributed by atoms with Crippen LogP contribution >= 0.6 is 0 Å². The van der Waals surface area contributed by atoms with Crippen molar-refractivity contribution in [1.29, 1.82) is 0 Å². The lowest BCUT2D eigenvalue weighted by Crippen LogP contribution is -2.50. The average Bonchev–Trinajstić information content (AvgIpc) is 2.85. The number of benzene rings is 1. The minimum Gasteiger partial charge on any atom is -0.508 e. The molecule has 0 radical (unpaired) electrons. The molecule has 1 atom stereocenters. The van der Waals surface area contributed by atoms with E-state index in [0.717, 1.165) is 45.0 Å². The Morgan fingerprint density at radius 2 is 1.88 bits per heavy atom. The van der Waals surface area contributed by atoms with Gasteiger partial charge in [0.15, 0.2) is 0 Å². The van der Waals surface area contributed by atoms with Gasteiger partial charge in [-0.3, -0.25) is 14.5 Å². The molecule has 1 aromatic carbocycles. The first-order valence-electron chi connectivity index (χ1n) is 8.76. The number of rotatable bonds is 5. The lowest BCUT2D eigenvalue weighted by Gasteiger charge is -2.38. The molecule has 0 bridgehead atoms. The van der Waals surface area contributed by atoms with Crippen molar-refractivity contribution in [2.24, 2.45) is 0 Å². The Morgan fingerprint density at radius 3 is 2.50 bits per heavy atom. The van der Waals surface area contributed by atoms with Crippen molar-refractivity contribution in [2.75, 3.05) is 26.2 Å². The molecule has 5 nitrogen and oxygen atoms in total. The first kappa shape index (κ1) is 17.0. The number of aromatic nitrogens is 2. The highest BCUT2D eigenvalue weighted by molar-refractivity contribution is 5.27. The zero-order valence-electron chi connectivity index (χ0n) is 14.9. The van der Waals surface area contributed by atoms with E-state index in [-0.39, 0.29) is 0 Å². The molecule has 1 saturated heterocycles. The van der Waals surface area contributed by atoms with Crippen LogP contribution in [0.2, 0.25) is 0 Å². The Balaban J connectivity index is 1.50. The molecule has 0 aliphatic carbocycles. The molecule has 1 aromatic heterocycles.